The molecule has 1 aliphatic rings. The highest BCUT2D eigenvalue weighted by Crippen LogP contribution is 2.41. The number of aryl methyl sites for hydroxylation is 1. The first kappa shape index (κ1) is 12.8. The maximum Gasteiger partial charge on any atom is 0.123 e. The van der Waals surface area contributed by atoms with E-state index in [0.717, 1.165) is 17.2 Å². The summed E-state index contributed by atoms with van der Waals surface area (Å²) in [5.74, 6) is 0.513. The lowest BCUT2D eigenvalue weighted by Gasteiger charge is -2.18. The molecule has 1 atom stereocenters. The van der Waals surface area contributed by atoms with Crippen molar-refractivity contribution in [1.29, 1.82) is 0 Å². The zero-order valence-corrected chi connectivity index (χ0v) is 11.7. The van der Waals surface area contributed by atoms with Crippen LogP contribution in [0.15, 0.2) is 29.6 Å². The van der Waals surface area contributed by atoms with Gasteiger partial charge < -0.3 is 5.32 Å². The van der Waals surface area contributed by atoms with Gasteiger partial charge in [0.2, 0.25) is 0 Å². The van der Waals surface area contributed by atoms with Crippen molar-refractivity contribution in [3.63, 3.8) is 0 Å². The van der Waals surface area contributed by atoms with E-state index in [-0.39, 0.29) is 5.82 Å². The molecule has 0 spiro atoms. The first-order valence-electron chi connectivity index (χ1n) is 6.62. The summed E-state index contributed by atoms with van der Waals surface area (Å²) < 4.78 is 13.0. The normalized spacial score (nSPS) is 16.5. The number of hydrogen-bond donors (Lipinski definition) is 1. The van der Waals surface area contributed by atoms with Crippen LogP contribution in [0.5, 0.6) is 0 Å². The number of halogens is 1. The average Bonchev–Trinajstić information content (AvgIpc) is 3.15. The summed E-state index contributed by atoms with van der Waals surface area (Å²) in [5, 5.41) is 6.76. The van der Waals surface area contributed by atoms with Crippen molar-refractivity contribution in [2.45, 2.75) is 32.4 Å². The number of hydrogen-bond acceptors (Lipinski definition) is 3. The van der Waals surface area contributed by atoms with Gasteiger partial charge in [-0.3, -0.25) is 0 Å². The van der Waals surface area contributed by atoms with E-state index in [1.165, 1.54) is 18.4 Å². The van der Waals surface area contributed by atoms with E-state index in [2.05, 4.69) is 15.7 Å². The number of thiazole rings is 1. The fraction of sp³-hybridized carbons (Fsp3) is 0.400. The Bertz CT molecular complexity index is 546. The molecule has 1 saturated carbocycles. The first-order chi connectivity index (χ1) is 9.22. The number of benzene rings is 1. The molecule has 2 nitrogen and oxygen atoms in total. The largest absolute Gasteiger partial charge is 0.304 e. The van der Waals surface area contributed by atoms with Crippen LogP contribution >= 0.6 is 11.3 Å². The highest BCUT2D eigenvalue weighted by Gasteiger charge is 2.31. The Labute approximate surface area is 116 Å². The van der Waals surface area contributed by atoms with Crippen LogP contribution in [0.25, 0.3) is 0 Å². The molecule has 1 fully saturated rings. The first-order valence-corrected chi connectivity index (χ1v) is 7.50. The maximum atomic E-state index is 13.0. The van der Waals surface area contributed by atoms with E-state index in [9.17, 15) is 4.39 Å². The highest BCUT2D eigenvalue weighted by atomic mass is 32.1. The molecule has 100 valence electrons. The predicted molar refractivity (Wildman–Crippen MR) is 75.6 cm³/mol. The van der Waals surface area contributed by atoms with E-state index in [1.54, 1.807) is 23.5 Å². The Hall–Kier alpha value is -1.26. The minimum Gasteiger partial charge on any atom is -0.304 e. The smallest absolute Gasteiger partial charge is 0.123 e. The van der Waals surface area contributed by atoms with Gasteiger partial charge in [0.05, 0.1) is 10.7 Å². The van der Waals surface area contributed by atoms with Crippen LogP contribution in [0.2, 0.25) is 0 Å². The molecule has 1 aliphatic carbocycles. The quantitative estimate of drug-likeness (QED) is 0.897. The van der Waals surface area contributed by atoms with Crippen molar-refractivity contribution in [3.05, 3.63) is 51.7 Å². The van der Waals surface area contributed by atoms with Crippen molar-refractivity contribution < 1.29 is 4.39 Å². The Kier molecular flexibility index (Phi) is 3.62. The summed E-state index contributed by atoms with van der Waals surface area (Å²) in [6.07, 6.45) is 2.51. The number of nitrogens with one attached hydrogen (secondary N) is 1. The molecule has 19 heavy (non-hydrogen) atoms. The van der Waals surface area contributed by atoms with Gasteiger partial charge in [0.25, 0.3) is 0 Å². The SMILES string of the molecule is Cc1nc(CNC(c2ccc(F)cc2)C2CC2)cs1. The van der Waals surface area contributed by atoms with Crippen molar-refractivity contribution in [2.24, 2.45) is 5.92 Å². The molecule has 0 amide bonds. The molecule has 3 rings (SSSR count). The van der Waals surface area contributed by atoms with Crippen molar-refractivity contribution in [1.82, 2.24) is 10.3 Å². The lowest BCUT2D eigenvalue weighted by Crippen LogP contribution is -2.22. The maximum absolute atomic E-state index is 13.0. The summed E-state index contributed by atoms with van der Waals surface area (Å²) in [6, 6.07) is 7.18. The van der Waals surface area contributed by atoms with Crippen LogP contribution < -0.4 is 5.32 Å². The van der Waals surface area contributed by atoms with E-state index >= 15 is 0 Å². The zero-order valence-electron chi connectivity index (χ0n) is 10.9. The van der Waals surface area contributed by atoms with Crippen LogP contribution in [0.1, 0.15) is 35.1 Å². The third-order valence-corrected chi connectivity index (χ3v) is 4.31. The molecule has 1 heterocycles. The molecule has 1 unspecified atom stereocenters. The van der Waals surface area contributed by atoms with Crippen LogP contribution in [0.3, 0.4) is 0 Å². The molecule has 2 aromatic rings. The molecule has 0 aliphatic heterocycles. The molecular formula is C15H17FN2S. The van der Waals surface area contributed by atoms with Gasteiger partial charge in [-0.25, -0.2) is 9.37 Å². The van der Waals surface area contributed by atoms with Gasteiger partial charge in [-0.05, 0) is 43.4 Å². The van der Waals surface area contributed by atoms with Gasteiger partial charge in [0.1, 0.15) is 5.82 Å². The molecule has 1 N–H and O–H groups in total. The fourth-order valence-electron chi connectivity index (χ4n) is 2.36. The Morgan fingerprint density at radius 3 is 2.68 bits per heavy atom. The van der Waals surface area contributed by atoms with Gasteiger partial charge in [-0.15, -0.1) is 11.3 Å². The predicted octanol–water partition coefficient (Wildman–Crippen LogP) is 3.83. The monoisotopic (exact) mass is 276 g/mol. The second-order valence-corrected chi connectivity index (χ2v) is 6.17. The van der Waals surface area contributed by atoms with E-state index in [1.807, 2.05) is 19.1 Å². The molecule has 0 saturated heterocycles. The molecular weight excluding hydrogens is 259 g/mol. The minimum atomic E-state index is -0.173. The van der Waals surface area contributed by atoms with Crippen molar-refractivity contribution >= 4 is 11.3 Å². The van der Waals surface area contributed by atoms with Crippen LogP contribution in [0.4, 0.5) is 4.39 Å². The van der Waals surface area contributed by atoms with Gasteiger partial charge in [-0.1, -0.05) is 12.1 Å². The topological polar surface area (TPSA) is 24.9 Å². The Morgan fingerprint density at radius 1 is 1.37 bits per heavy atom. The van der Waals surface area contributed by atoms with Crippen molar-refractivity contribution in [3.8, 4) is 0 Å². The van der Waals surface area contributed by atoms with Crippen LogP contribution in [-0.4, -0.2) is 4.98 Å². The molecule has 1 aromatic carbocycles. The van der Waals surface area contributed by atoms with Gasteiger partial charge in [0, 0.05) is 18.0 Å². The van der Waals surface area contributed by atoms with E-state index in [4.69, 9.17) is 0 Å². The lowest BCUT2D eigenvalue weighted by molar-refractivity contribution is 0.476. The van der Waals surface area contributed by atoms with Crippen LogP contribution in [0, 0.1) is 18.7 Å². The third kappa shape index (κ3) is 3.19. The summed E-state index contributed by atoms with van der Waals surface area (Å²) >= 11 is 1.68. The molecule has 0 bridgehead atoms. The second kappa shape index (κ2) is 5.39. The Balaban J connectivity index is 1.69. The van der Waals surface area contributed by atoms with Gasteiger partial charge in [-0.2, -0.15) is 0 Å². The van der Waals surface area contributed by atoms with E-state index < -0.39 is 0 Å². The molecule has 0 radical (unpaired) electrons. The summed E-state index contributed by atoms with van der Waals surface area (Å²) in [6.45, 7) is 2.80. The fourth-order valence-corrected chi connectivity index (χ4v) is 2.97. The standard InChI is InChI=1S/C15H17FN2S/c1-10-18-14(9-19-10)8-17-15(11-2-3-11)12-4-6-13(16)7-5-12/h4-7,9,11,15,17H,2-3,8H2,1H3. The highest BCUT2D eigenvalue weighted by molar-refractivity contribution is 7.09. The zero-order chi connectivity index (χ0) is 13.2. The van der Waals surface area contributed by atoms with Crippen molar-refractivity contribution in [2.75, 3.05) is 0 Å². The van der Waals surface area contributed by atoms with Gasteiger partial charge in [0.15, 0.2) is 0 Å². The summed E-state index contributed by atoms with van der Waals surface area (Å²) in [7, 11) is 0. The third-order valence-electron chi connectivity index (χ3n) is 3.49. The van der Waals surface area contributed by atoms with Gasteiger partial charge >= 0.3 is 0 Å². The number of aromatic nitrogens is 1. The summed E-state index contributed by atoms with van der Waals surface area (Å²) in [4.78, 5) is 4.47. The summed E-state index contributed by atoms with van der Waals surface area (Å²) in [5.41, 5.74) is 2.27. The molecule has 4 heteroatoms. The van der Waals surface area contributed by atoms with Crippen LogP contribution in [-0.2, 0) is 6.54 Å². The minimum absolute atomic E-state index is 0.173. The number of rotatable bonds is 5. The Morgan fingerprint density at radius 2 is 2.11 bits per heavy atom. The molecule has 1 aromatic heterocycles. The average molecular weight is 276 g/mol. The lowest BCUT2D eigenvalue weighted by atomic mass is 10.0. The number of nitrogens with zero attached hydrogens (tertiary/aromatic N) is 1. The second-order valence-electron chi connectivity index (χ2n) is 5.11. The van der Waals surface area contributed by atoms with E-state index in [0.29, 0.717) is 12.0 Å².